The monoisotopic (exact) mass is 378 g/mol. The molecule has 5 nitrogen and oxygen atoms in total. The average Bonchev–Trinajstić information content (AvgIpc) is 2.77. The van der Waals surface area contributed by atoms with Gasteiger partial charge in [0.25, 0.3) is 5.91 Å². The first-order chi connectivity index (χ1) is 10.8. The molecule has 23 heavy (non-hydrogen) atoms. The van der Waals surface area contributed by atoms with Crippen molar-refractivity contribution in [3.8, 4) is 0 Å². The Morgan fingerprint density at radius 2 is 1.96 bits per heavy atom. The van der Waals surface area contributed by atoms with Crippen LogP contribution in [0.2, 0.25) is 0 Å². The first-order valence-corrected chi connectivity index (χ1v) is 8.08. The predicted molar refractivity (Wildman–Crippen MR) is 93.1 cm³/mol. The smallest absolute Gasteiger partial charge is 0.340 e. The van der Waals surface area contributed by atoms with E-state index in [2.05, 4.69) is 26.2 Å². The van der Waals surface area contributed by atoms with Crippen LogP contribution in [-0.4, -0.2) is 23.5 Å². The molecule has 2 aromatic rings. The first-order valence-electron chi connectivity index (χ1n) is 7.29. The van der Waals surface area contributed by atoms with Crippen LogP contribution in [-0.2, 0) is 4.74 Å². The van der Waals surface area contributed by atoms with Gasteiger partial charge in [-0.25, -0.2) is 4.79 Å². The van der Waals surface area contributed by atoms with Gasteiger partial charge in [-0.2, -0.15) is 0 Å². The van der Waals surface area contributed by atoms with Crippen molar-refractivity contribution in [3.63, 3.8) is 0 Å². The van der Waals surface area contributed by atoms with E-state index in [0.29, 0.717) is 34.8 Å². The van der Waals surface area contributed by atoms with E-state index in [0.717, 1.165) is 10.0 Å². The Labute approximate surface area is 143 Å². The van der Waals surface area contributed by atoms with Gasteiger partial charge in [-0.1, -0.05) is 6.07 Å². The molecular formula is C17H19BrN2O3. The second-order valence-electron chi connectivity index (χ2n) is 5.28. The molecule has 0 aliphatic rings. The maximum atomic E-state index is 12.5. The molecule has 0 bridgehead atoms. The minimum absolute atomic E-state index is 0.292. The maximum absolute atomic E-state index is 12.5. The third kappa shape index (κ3) is 3.64. The van der Waals surface area contributed by atoms with E-state index in [1.165, 1.54) is 0 Å². The summed E-state index contributed by atoms with van der Waals surface area (Å²) in [5.41, 5.74) is 3.74. The van der Waals surface area contributed by atoms with Gasteiger partial charge < -0.3 is 15.0 Å². The summed E-state index contributed by atoms with van der Waals surface area (Å²) in [7, 11) is 0. The number of aromatic amines is 1. The first kappa shape index (κ1) is 17.3. The van der Waals surface area contributed by atoms with Gasteiger partial charge in [0, 0.05) is 10.2 Å². The fraction of sp³-hybridized carbons (Fsp3) is 0.294. The molecule has 0 spiro atoms. The van der Waals surface area contributed by atoms with Crippen molar-refractivity contribution in [2.75, 3.05) is 11.9 Å². The van der Waals surface area contributed by atoms with Gasteiger partial charge in [-0.3, -0.25) is 4.79 Å². The number of aryl methyl sites for hydroxylation is 2. The van der Waals surface area contributed by atoms with E-state index < -0.39 is 5.97 Å². The Morgan fingerprint density at radius 1 is 1.26 bits per heavy atom. The summed E-state index contributed by atoms with van der Waals surface area (Å²) in [5.74, 6) is -0.722. The zero-order chi connectivity index (χ0) is 17.1. The fourth-order valence-electron chi connectivity index (χ4n) is 2.39. The molecule has 6 heteroatoms. The zero-order valence-electron chi connectivity index (χ0n) is 13.5. The standard InChI is InChI=1S/C17H19BrN2O3/c1-5-23-17(22)14-10(3)15(19-11(14)4)16(21)20-13-7-6-9(2)8-12(13)18/h6-8,19H,5H2,1-4H3,(H,20,21). The summed E-state index contributed by atoms with van der Waals surface area (Å²) in [6, 6.07) is 5.67. The summed E-state index contributed by atoms with van der Waals surface area (Å²) in [4.78, 5) is 27.5. The minimum atomic E-state index is -0.422. The van der Waals surface area contributed by atoms with Crippen molar-refractivity contribution in [2.45, 2.75) is 27.7 Å². The van der Waals surface area contributed by atoms with Crippen LogP contribution in [0.15, 0.2) is 22.7 Å². The second kappa shape index (κ2) is 7.00. The number of rotatable bonds is 4. The number of esters is 1. The molecule has 1 aromatic carbocycles. The van der Waals surface area contributed by atoms with Crippen LogP contribution in [0.4, 0.5) is 5.69 Å². The molecule has 2 N–H and O–H groups in total. The van der Waals surface area contributed by atoms with Gasteiger partial charge in [-0.15, -0.1) is 0 Å². The van der Waals surface area contributed by atoms with Crippen molar-refractivity contribution in [2.24, 2.45) is 0 Å². The Bertz CT molecular complexity index is 765. The lowest BCUT2D eigenvalue weighted by Gasteiger charge is -2.08. The maximum Gasteiger partial charge on any atom is 0.340 e. The van der Waals surface area contributed by atoms with Crippen LogP contribution in [0.1, 0.15) is 44.6 Å². The normalized spacial score (nSPS) is 10.5. The lowest BCUT2D eigenvalue weighted by molar-refractivity contribution is 0.0525. The number of hydrogen-bond donors (Lipinski definition) is 2. The zero-order valence-corrected chi connectivity index (χ0v) is 15.1. The van der Waals surface area contributed by atoms with Crippen LogP contribution in [0, 0.1) is 20.8 Å². The van der Waals surface area contributed by atoms with E-state index in [1.54, 1.807) is 20.8 Å². The molecule has 2 rings (SSSR count). The summed E-state index contributed by atoms with van der Waals surface area (Å²) in [6.07, 6.45) is 0. The van der Waals surface area contributed by atoms with E-state index in [1.807, 2.05) is 25.1 Å². The molecule has 0 saturated carbocycles. The molecular weight excluding hydrogens is 360 g/mol. The van der Waals surface area contributed by atoms with Crippen molar-refractivity contribution < 1.29 is 14.3 Å². The van der Waals surface area contributed by atoms with Crippen LogP contribution in [0.25, 0.3) is 0 Å². The predicted octanol–water partition coefficient (Wildman–Crippen LogP) is 4.13. The molecule has 1 heterocycles. The van der Waals surface area contributed by atoms with Gasteiger partial charge in [0.05, 0.1) is 17.9 Å². The molecule has 0 atom stereocenters. The molecule has 0 aliphatic carbocycles. The van der Waals surface area contributed by atoms with E-state index >= 15 is 0 Å². The van der Waals surface area contributed by atoms with Gasteiger partial charge in [0.1, 0.15) is 5.69 Å². The number of nitrogens with one attached hydrogen (secondary N) is 2. The number of H-pyrrole nitrogens is 1. The van der Waals surface area contributed by atoms with Crippen molar-refractivity contribution >= 4 is 33.5 Å². The molecule has 0 saturated heterocycles. The minimum Gasteiger partial charge on any atom is -0.462 e. The highest BCUT2D eigenvalue weighted by Crippen LogP contribution is 2.25. The number of amides is 1. The van der Waals surface area contributed by atoms with Crippen molar-refractivity contribution in [1.82, 2.24) is 4.98 Å². The Kier molecular flexibility index (Phi) is 5.26. The quantitative estimate of drug-likeness (QED) is 0.785. The van der Waals surface area contributed by atoms with Gasteiger partial charge >= 0.3 is 5.97 Å². The fourth-order valence-corrected chi connectivity index (χ4v) is 2.99. The highest BCUT2D eigenvalue weighted by molar-refractivity contribution is 9.10. The third-order valence-corrected chi connectivity index (χ3v) is 4.17. The van der Waals surface area contributed by atoms with Gasteiger partial charge in [0.15, 0.2) is 0 Å². The second-order valence-corrected chi connectivity index (χ2v) is 6.14. The molecule has 0 aliphatic heterocycles. The number of ether oxygens (including phenoxy) is 1. The van der Waals surface area contributed by atoms with Crippen LogP contribution < -0.4 is 5.32 Å². The molecule has 0 unspecified atom stereocenters. The highest BCUT2D eigenvalue weighted by Gasteiger charge is 2.23. The number of anilines is 1. The molecule has 0 radical (unpaired) electrons. The van der Waals surface area contributed by atoms with E-state index in [4.69, 9.17) is 4.74 Å². The number of hydrogen-bond acceptors (Lipinski definition) is 3. The summed E-state index contributed by atoms with van der Waals surface area (Å²) >= 11 is 3.43. The third-order valence-electron chi connectivity index (χ3n) is 3.52. The van der Waals surface area contributed by atoms with Gasteiger partial charge in [0.2, 0.25) is 0 Å². The number of halogens is 1. The van der Waals surface area contributed by atoms with Crippen LogP contribution >= 0.6 is 15.9 Å². The molecule has 1 amide bonds. The molecule has 122 valence electrons. The molecule has 1 aromatic heterocycles. The lowest BCUT2D eigenvalue weighted by Crippen LogP contribution is -2.14. The summed E-state index contributed by atoms with van der Waals surface area (Å²) in [5, 5.41) is 2.84. The van der Waals surface area contributed by atoms with Crippen molar-refractivity contribution in [1.29, 1.82) is 0 Å². The van der Waals surface area contributed by atoms with Crippen LogP contribution in [0.3, 0.4) is 0 Å². The van der Waals surface area contributed by atoms with E-state index in [-0.39, 0.29) is 5.91 Å². The largest absolute Gasteiger partial charge is 0.462 e. The number of carbonyl (C=O) groups is 2. The SMILES string of the molecule is CCOC(=O)c1c(C)[nH]c(C(=O)Nc2ccc(C)cc2Br)c1C. The number of carbonyl (C=O) groups excluding carboxylic acids is 2. The number of aromatic nitrogens is 1. The summed E-state index contributed by atoms with van der Waals surface area (Å²) < 4.78 is 5.84. The van der Waals surface area contributed by atoms with Crippen LogP contribution in [0.5, 0.6) is 0 Å². The Morgan fingerprint density at radius 3 is 2.57 bits per heavy atom. The van der Waals surface area contributed by atoms with Crippen molar-refractivity contribution in [3.05, 3.63) is 50.8 Å². The number of benzene rings is 1. The average molecular weight is 379 g/mol. The topological polar surface area (TPSA) is 71.2 Å². The Balaban J connectivity index is 2.30. The highest BCUT2D eigenvalue weighted by atomic mass is 79.9. The lowest BCUT2D eigenvalue weighted by atomic mass is 10.1. The molecule has 0 fully saturated rings. The van der Waals surface area contributed by atoms with Gasteiger partial charge in [-0.05, 0) is 66.9 Å². The van der Waals surface area contributed by atoms with E-state index in [9.17, 15) is 9.59 Å². The Hall–Kier alpha value is -2.08. The summed E-state index contributed by atoms with van der Waals surface area (Å²) in [6.45, 7) is 7.49.